The lowest BCUT2D eigenvalue weighted by molar-refractivity contribution is 0.0647. The third-order valence-corrected chi connectivity index (χ3v) is 9.84. The van der Waals surface area contributed by atoms with Crippen LogP contribution < -0.4 is 0 Å². The van der Waals surface area contributed by atoms with Crippen molar-refractivity contribution in [3.05, 3.63) is 35.4 Å². The average molecular weight is 495 g/mol. The first kappa shape index (κ1) is 24.1. The Morgan fingerprint density at radius 2 is 1.61 bits per heavy atom. The van der Waals surface area contributed by atoms with E-state index in [1.54, 1.807) is 0 Å². The van der Waals surface area contributed by atoms with Crippen molar-refractivity contribution in [3.63, 3.8) is 0 Å². The van der Waals surface area contributed by atoms with Crippen molar-refractivity contribution < 1.29 is 14.3 Å². The first-order valence-electron chi connectivity index (χ1n) is 14.4. The molecule has 36 heavy (non-hydrogen) atoms. The van der Waals surface area contributed by atoms with Gasteiger partial charge in [-0.2, -0.15) is 0 Å². The third-order valence-electron chi connectivity index (χ3n) is 9.84. The van der Waals surface area contributed by atoms with E-state index in [1.165, 1.54) is 17.5 Å². The number of likely N-dealkylation sites (tertiary alicyclic amines) is 2. The molecule has 1 aromatic rings. The highest BCUT2D eigenvalue weighted by atomic mass is 16.6. The minimum atomic E-state index is -0.107. The van der Waals surface area contributed by atoms with Gasteiger partial charge in [0.1, 0.15) is 0 Å². The van der Waals surface area contributed by atoms with Crippen LogP contribution >= 0.6 is 0 Å². The van der Waals surface area contributed by atoms with E-state index < -0.39 is 0 Å². The monoisotopic (exact) mass is 494 g/mol. The third kappa shape index (κ3) is 4.27. The van der Waals surface area contributed by atoms with Crippen LogP contribution in [-0.2, 0) is 16.7 Å². The summed E-state index contributed by atoms with van der Waals surface area (Å²) in [4.78, 5) is 35.0. The first-order chi connectivity index (χ1) is 17.6. The Kier molecular flexibility index (Phi) is 6.61. The predicted octanol–water partition coefficient (Wildman–Crippen LogP) is 4.59. The Balaban J connectivity index is 1.16. The predicted molar refractivity (Wildman–Crippen MR) is 139 cm³/mol. The zero-order valence-corrected chi connectivity index (χ0v) is 21.9. The standard InChI is InChI=1S/C29H42N4O3/c1-2-36-28(35)33-23-9-11-24(19-25(33)12-10-23)30-17-13-29(14-18-30)21-32(27(34)31-15-5-6-16-31)20-22-7-3-4-8-26(22)29/h3-4,7-8,23-25H,2,5-6,9-21H2,1H3. The van der Waals surface area contributed by atoms with E-state index in [4.69, 9.17) is 4.74 Å². The largest absolute Gasteiger partial charge is 0.450 e. The van der Waals surface area contributed by atoms with Crippen LogP contribution in [0, 0.1) is 0 Å². The summed E-state index contributed by atoms with van der Waals surface area (Å²) in [5.74, 6) is 0. The fourth-order valence-electron chi connectivity index (χ4n) is 8.00. The number of hydrogen-bond acceptors (Lipinski definition) is 4. The van der Waals surface area contributed by atoms with Gasteiger partial charge in [-0.05, 0) is 88.9 Å². The van der Waals surface area contributed by atoms with Crippen LogP contribution in [0.5, 0.6) is 0 Å². The molecule has 0 aliphatic carbocycles. The fourth-order valence-corrected chi connectivity index (χ4v) is 8.00. The molecule has 7 heteroatoms. The average Bonchev–Trinajstić information content (AvgIpc) is 3.52. The van der Waals surface area contributed by atoms with E-state index in [-0.39, 0.29) is 17.5 Å². The van der Waals surface area contributed by atoms with Gasteiger partial charge in [0.25, 0.3) is 0 Å². The van der Waals surface area contributed by atoms with Gasteiger partial charge in [0, 0.05) is 49.7 Å². The lowest BCUT2D eigenvalue weighted by Crippen LogP contribution is -2.56. The number of fused-ring (bicyclic) bond motifs is 4. The number of ether oxygens (including phenoxy) is 1. The molecule has 0 N–H and O–H groups in total. The smallest absolute Gasteiger partial charge is 0.410 e. The number of amides is 3. The van der Waals surface area contributed by atoms with E-state index in [0.717, 1.165) is 90.6 Å². The van der Waals surface area contributed by atoms with Crippen molar-refractivity contribution >= 4 is 12.1 Å². The summed E-state index contributed by atoms with van der Waals surface area (Å²) >= 11 is 0. The van der Waals surface area contributed by atoms with Crippen LogP contribution in [0.25, 0.3) is 0 Å². The molecule has 3 amide bonds. The number of hydrogen-bond donors (Lipinski definition) is 0. The van der Waals surface area contributed by atoms with Crippen molar-refractivity contribution in [3.8, 4) is 0 Å². The van der Waals surface area contributed by atoms with Crippen LogP contribution in [0.3, 0.4) is 0 Å². The molecule has 4 saturated heterocycles. The second-order valence-electron chi connectivity index (χ2n) is 11.8. The van der Waals surface area contributed by atoms with E-state index >= 15 is 0 Å². The topological polar surface area (TPSA) is 56.3 Å². The van der Waals surface area contributed by atoms with Crippen molar-refractivity contribution in [2.75, 3.05) is 39.3 Å². The minimum absolute atomic E-state index is 0.0570. The van der Waals surface area contributed by atoms with Gasteiger partial charge in [-0.1, -0.05) is 24.3 Å². The maximum atomic E-state index is 13.4. The first-order valence-corrected chi connectivity index (χ1v) is 14.4. The molecule has 0 radical (unpaired) electrons. The number of piperidine rings is 1. The Labute approximate surface area is 215 Å². The van der Waals surface area contributed by atoms with Crippen LogP contribution in [-0.4, -0.2) is 89.2 Å². The van der Waals surface area contributed by atoms with Gasteiger partial charge in [-0.15, -0.1) is 0 Å². The lowest BCUT2D eigenvalue weighted by atomic mass is 9.68. The van der Waals surface area contributed by atoms with Crippen molar-refractivity contribution in [1.82, 2.24) is 19.6 Å². The summed E-state index contributed by atoms with van der Waals surface area (Å²) < 4.78 is 5.41. The molecule has 5 aliphatic rings. The summed E-state index contributed by atoms with van der Waals surface area (Å²) in [6.45, 7) is 7.89. The van der Waals surface area contributed by atoms with Crippen molar-refractivity contribution in [2.24, 2.45) is 0 Å². The number of urea groups is 1. The second-order valence-corrected chi connectivity index (χ2v) is 11.8. The summed E-state index contributed by atoms with van der Waals surface area (Å²) in [5, 5.41) is 0. The maximum Gasteiger partial charge on any atom is 0.410 e. The Bertz CT molecular complexity index is 969. The van der Waals surface area contributed by atoms with Crippen molar-refractivity contribution in [2.45, 2.75) is 94.8 Å². The van der Waals surface area contributed by atoms with Gasteiger partial charge in [0.2, 0.25) is 0 Å². The zero-order chi connectivity index (χ0) is 24.7. The summed E-state index contributed by atoms with van der Waals surface area (Å²) in [5.41, 5.74) is 2.87. The van der Waals surface area contributed by atoms with Gasteiger partial charge in [0.15, 0.2) is 0 Å². The van der Waals surface area contributed by atoms with Crippen LogP contribution in [0.15, 0.2) is 24.3 Å². The molecule has 6 rings (SSSR count). The maximum absolute atomic E-state index is 13.4. The summed E-state index contributed by atoms with van der Waals surface area (Å²) in [6.07, 6.45) is 9.90. The number of rotatable bonds is 2. The minimum Gasteiger partial charge on any atom is -0.450 e. The number of nitrogens with zero attached hydrogens (tertiary/aromatic N) is 4. The summed E-state index contributed by atoms with van der Waals surface area (Å²) in [6, 6.07) is 10.3. The molecule has 1 spiro atoms. The van der Waals surface area contributed by atoms with Gasteiger partial charge >= 0.3 is 12.1 Å². The number of carbonyl (C=O) groups excluding carboxylic acids is 2. The highest BCUT2D eigenvalue weighted by Gasteiger charge is 2.47. The fraction of sp³-hybridized carbons (Fsp3) is 0.724. The molecule has 0 aromatic heterocycles. The Morgan fingerprint density at radius 3 is 2.36 bits per heavy atom. The van der Waals surface area contributed by atoms with Crippen LogP contribution in [0.4, 0.5) is 9.59 Å². The zero-order valence-electron chi connectivity index (χ0n) is 21.9. The van der Waals surface area contributed by atoms with Gasteiger partial charge < -0.3 is 24.3 Å². The van der Waals surface area contributed by atoms with Gasteiger partial charge in [-0.3, -0.25) is 0 Å². The normalized spacial score (nSPS) is 29.8. The van der Waals surface area contributed by atoms with E-state index in [1.807, 2.05) is 6.92 Å². The molecular formula is C29H42N4O3. The molecule has 5 aliphatic heterocycles. The van der Waals surface area contributed by atoms with Gasteiger partial charge in [-0.25, -0.2) is 9.59 Å². The molecule has 1 aromatic carbocycles. The quantitative estimate of drug-likeness (QED) is 0.603. The molecule has 2 bridgehead atoms. The summed E-state index contributed by atoms with van der Waals surface area (Å²) in [7, 11) is 0. The van der Waals surface area contributed by atoms with Crippen LogP contribution in [0.1, 0.15) is 75.8 Å². The van der Waals surface area contributed by atoms with E-state index in [9.17, 15) is 9.59 Å². The molecule has 7 nitrogen and oxygen atoms in total. The molecule has 4 fully saturated rings. The Morgan fingerprint density at radius 1 is 0.917 bits per heavy atom. The second kappa shape index (κ2) is 9.88. The lowest BCUT2D eigenvalue weighted by Gasteiger charge is -2.50. The van der Waals surface area contributed by atoms with E-state index in [0.29, 0.717) is 24.7 Å². The highest BCUT2D eigenvalue weighted by molar-refractivity contribution is 5.75. The molecule has 3 unspecified atom stereocenters. The highest BCUT2D eigenvalue weighted by Crippen LogP contribution is 2.44. The van der Waals surface area contributed by atoms with Crippen LogP contribution in [0.2, 0.25) is 0 Å². The molecular weight excluding hydrogens is 452 g/mol. The molecule has 5 heterocycles. The SMILES string of the molecule is CCOC(=O)N1C2CCC(N3CCC4(CC3)CN(C(=O)N3CCCC3)Cc3ccccc34)CC1CC2. The Hall–Kier alpha value is -2.28. The molecule has 0 saturated carbocycles. The number of benzene rings is 1. The number of carbonyl (C=O) groups is 2. The van der Waals surface area contributed by atoms with Gasteiger partial charge in [0.05, 0.1) is 6.61 Å². The van der Waals surface area contributed by atoms with Crippen molar-refractivity contribution in [1.29, 1.82) is 0 Å². The molecule has 3 atom stereocenters. The molecule has 196 valence electrons. The van der Waals surface area contributed by atoms with E-state index in [2.05, 4.69) is 43.9 Å².